The summed E-state index contributed by atoms with van der Waals surface area (Å²) < 4.78 is 1.65. The van der Waals surface area contributed by atoms with E-state index in [-0.39, 0.29) is 18.0 Å². The number of benzene rings is 2. The normalized spacial score (nSPS) is 15.9. The van der Waals surface area contributed by atoms with Gasteiger partial charge in [0.15, 0.2) is 0 Å². The maximum Gasteiger partial charge on any atom is 0.271 e. The smallest absolute Gasteiger partial charge is 0.271 e. The number of amides is 1. The van der Waals surface area contributed by atoms with Gasteiger partial charge in [0.1, 0.15) is 0 Å². The van der Waals surface area contributed by atoms with E-state index in [0.717, 1.165) is 24.6 Å². The Bertz CT molecular complexity index is 1030. The maximum atomic E-state index is 12.3. The Morgan fingerprint density at radius 2 is 2.14 bits per heavy atom. The van der Waals surface area contributed by atoms with Gasteiger partial charge < -0.3 is 5.32 Å². The number of hydrogen-bond donors (Lipinski definition) is 1. The first kappa shape index (κ1) is 18.2. The molecule has 0 fully saturated rings. The van der Waals surface area contributed by atoms with Gasteiger partial charge in [-0.05, 0) is 36.5 Å². The fourth-order valence-corrected chi connectivity index (χ4v) is 3.95. The van der Waals surface area contributed by atoms with E-state index >= 15 is 0 Å². The first-order chi connectivity index (χ1) is 13.6. The number of hydrogen-bond acceptors (Lipinski definition) is 4. The molecule has 1 N–H and O–H groups in total. The summed E-state index contributed by atoms with van der Waals surface area (Å²) in [5.74, 6) is 0.333. The van der Waals surface area contributed by atoms with Gasteiger partial charge in [-0.2, -0.15) is 5.10 Å². The van der Waals surface area contributed by atoms with Crippen molar-refractivity contribution in [2.24, 2.45) is 0 Å². The van der Waals surface area contributed by atoms with Crippen LogP contribution in [0.25, 0.3) is 10.9 Å². The second-order valence-corrected chi connectivity index (χ2v) is 7.21. The van der Waals surface area contributed by atoms with Gasteiger partial charge in [0.05, 0.1) is 23.2 Å². The molecule has 1 atom stereocenters. The van der Waals surface area contributed by atoms with Crippen LogP contribution in [0.2, 0.25) is 0 Å². The molecule has 7 heteroatoms. The standard InChI is InChI=1S/C21H22N4O3/c26-21(22-13-16-6-3-5-15-4-1-2-7-19(15)16)10-11-24-20-12-18(25(27)28)9-8-17(20)14-23-24/h1-2,4,7-9,12,14,16H,3,5-6,10-11,13H2,(H,22,26)/t16-/m0/s1. The predicted molar refractivity (Wildman–Crippen MR) is 106 cm³/mol. The first-order valence-electron chi connectivity index (χ1n) is 9.56. The van der Waals surface area contributed by atoms with Gasteiger partial charge in [0.25, 0.3) is 5.69 Å². The minimum Gasteiger partial charge on any atom is -0.355 e. The Morgan fingerprint density at radius 3 is 3.00 bits per heavy atom. The van der Waals surface area contributed by atoms with Crippen LogP contribution in [-0.4, -0.2) is 27.2 Å². The Kier molecular flexibility index (Phi) is 5.06. The fourth-order valence-electron chi connectivity index (χ4n) is 3.95. The lowest BCUT2D eigenvalue weighted by molar-refractivity contribution is -0.384. The zero-order valence-corrected chi connectivity index (χ0v) is 15.5. The summed E-state index contributed by atoms with van der Waals surface area (Å²) in [4.78, 5) is 22.9. The van der Waals surface area contributed by atoms with Crippen LogP contribution < -0.4 is 5.32 Å². The number of aromatic nitrogens is 2. The quantitative estimate of drug-likeness (QED) is 0.524. The maximum absolute atomic E-state index is 12.3. The molecule has 2 aromatic carbocycles. The highest BCUT2D eigenvalue weighted by atomic mass is 16.6. The van der Waals surface area contributed by atoms with E-state index in [4.69, 9.17) is 0 Å². The van der Waals surface area contributed by atoms with Crippen LogP contribution in [0.15, 0.2) is 48.7 Å². The molecule has 7 nitrogen and oxygen atoms in total. The van der Waals surface area contributed by atoms with E-state index in [0.29, 0.717) is 24.5 Å². The number of carbonyl (C=O) groups is 1. The third kappa shape index (κ3) is 3.74. The van der Waals surface area contributed by atoms with E-state index in [2.05, 4.69) is 34.7 Å². The molecule has 1 aliphatic rings. The van der Waals surface area contributed by atoms with E-state index < -0.39 is 4.92 Å². The van der Waals surface area contributed by atoms with Crippen molar-refractivity contribution in [2.75, 3.05) is 6.54 Å². The van der Waals surface area contributed by atoms with Gasteiger partial charge in [-0.25, -0.2) is 0 Å². The summed E-state index contributed by atoms with van der Waals surface area (Å²) >= 11 is 0. The molecular weight excluding hydrogens is 356 g/mol. The van der Waals surface area contributed by atoms with Crippen LogP contribution in [-0.2, 0) is 17.8 Å². The minimum absolute atomic E-state index is 0.0228. The third-order valence-corrected chi connectivity index (χ3v) is 5.43. The molecule has 0 unspecified atom stereocenters. The molecular formula is C21H22N4O3. The lowest BCUT2D eigenvalue weighted by atomic mass is 9.83. The number of fused-ring (bicyclic) bond motifs is 2. The molecule has 1 heterocycles. The van der Waals surface area contributed by atoms with Gasteiger partial charge in [0.2, 0.25) is 5.91 Å². The molecule has 4 rings (SSSR count). The lowest BCUT2D eigenvalue weighted by Crippen LogP contribution is -2.30. The van der Waals surface area contributed by atoms with Gasteiger partial charge in [0, 0.05) is 36.4 Å². The number of nitro groups is 1. The Balaban J connectivity index is 1.36. The number of nitro benzene ring substituents is 1. The van der Waals surface area contributed by atoms with Crippen LogP contribution in [0.3, 0.4) is 0 Å². The summed E-state index contributed by atoms with van der Waals surface area (Å²) in [7, 11) is 0. The predicted octanol–water partition coefficient (Wildman–Crippen LogP) is 3.57. The molecule has 0 saturated heterocycles. The molecule has 0 radical (unpaired) electrons. The Hall–Kier alpha value is -3.22. The van der Waals surface area contributed by atoms with Crippen LogP contribution in [0.4, 0.5) is 5.69 Å². The molecule has 0 spiro atoms. The van der Waals surface area contributed by atoms with Crippen molar-refractivity contribution in [2.45, 2.75) is 38.1 Å². The number of non-ortho nitro benzene ring substituents is 1. The van der Waals surface area contributed by atoms with Crippen molar-refractivity contribution in [3.8, 4) is 0 Å². The molecule has 1 amide bonds. The van der Waals surface area contributed by atoms with Gasteiger partial charge in [-0.3, -0.25) is 19.6 Å². The lowest BCUT2D eigenvalue weighted by Gasteiger charge is -2.25. The fraction of sp³-hybridized carbons (Fsp3) is 0.333. The summed E-state index contributed by atoms with van der Waals surface area (Å²) in [6.45, 7) is 1.03. The zero-order valence-electron chi connectivity index (χ0n) is 15.5. The summed E-state index contributed by atoms with van der Waals surface area (Å²) in [5, 5.41) is 19.1. The Labute approximate surface area is 162 Å². The van der Waals surface area contributed by atoms with Gasteiger partial charge >= 0.3 is 0 Å². The summed E-state index contributed by atoms with van der Waals surface area (Å²) in [6, 6.07) is 13.1. The number of rotatable bonds is 6. The number of nitrogens with one attached hydrogen (secondary N) is 1. The topological polar surface area (TPSA) is 90.1 Å². The molecule has 0 saturated carbocycles. The second-order valence-electron chi connectivity index (χ2n) is 7.21. The molecule has 1 aromatic heterocycles. The zero-order chi connectivity index (χ0) is 19.5. The van der Waals surface area contributed by atoms with Crippen molar-refractivity contribution in [1.29, 1.82) is 0 Å². The molecule has 1 aliphatic carbocycles. The Morgan fingerprint density at radius 1 is 1.29 bits per heavy atom. The van der Waals surface area contributed by atoms with Crippen molar-refractivity contribution >= 4 is 22.5 Å². The first-order valence-corrected chi connectivity index (χ1v) is 9.56. The molecule has 0 bridgehead atoms. The van der Waals surface area contributed by atoms with Crippen molar-refractivity contribution < 1.29 is 9.72 Å². The monoisotopic (exact) mass is 378 g/mol. The van der Waals surface area contributed by atoms with E-state index in [9.17, 15) is 14.9 Å². The van der Waals surface area contributed by atoms with E-state index in [1.54, 1.807) is 16.9 Å². The second kappa shape index (κ2) is 7.80. The molecule has 3 aromatic rings. The highest BCUT2D eigenvalue weighted by Crippen LogP contribution is 2.30. The molecule has 0 aliphatic heterocycles. The van der Waals surface area contributed by atoms with Gasteiger partial charge in [-0.15, -0.1) is 0 Å². The number of aryl methyl sites for hydroxylation is 2. The van der Waals surface area contributed by atoms with Gasteiger partial charge in [-0.1, -0.05) is 24.3 Å². The van der Waals surface area contributed by atoms with E-state index in [1.165, 1.54) is 23.3 Å². The largest absolute Gasteiger partial charge is 0.355 e. The SMILES string of the molecule is O=C(CCn1ncc2ccc([N+](=O)[O-])cc21)NC[C@@H]1CCCc2ccccc21. The van der Waals surface area contributed by atoms with Crippen LogP contribution in [0, 0.1) is 10.1 Å². The average Bonchev–Trinajstić information content (AvgIpc) is 3.13. The van der Waals surface area contributed by atoms with Crippen LogP contribution in [0.5, 0.6) is 0 Å². The summed E-state index contributed by atoms with van der Waals surface area (Å²) in [5.41, 5.74) is 3.43. The minimum atomic E-state index is -0.425. The summed E-state index contributed by atoms with van der Waals surface area (Å²) in [6.07, 6.45) is 5.29. The molecule has 28 heavy (non-hydrogen) atoms. The highest BCUT2D eigenvalue weighted by Gasteiger charge is 2.20. The van der Waals surface area contributed by atoms with E-state index in [1.807, 2.05) is 0 Å². The average molecular weight is 378 g/mol. The van der Waals surface area contributed by atoms with Crippen molar-refractivity contribution in [3.05, 3.63) is 69.9 Å². The van der Waals surface area contributed by atoms with Crippen molar-refractivity contribution in [1.82, 2.24) is 15.1 Å². The van der Waals surface area contributed by atoms with Crippen LogP contribution in [0.1, 0.15) is 36.3 Å². The third-order valence-electron chi connectivity index (χ3n) is 5.43. The van der Waals surface area contributed by atoms with Crippen molar-refractivity contribution in [3.63, 3.8) is 0 Å². The van der Waals surface area contributed by atoms with Crippen LogP contribution >= 0.6 is 0 Å². The molecule has 144 valence electrons. The number of carbonyl (C=O) groups excluding carboxylic acids is 1. The highest BCUT2D eigenvalue weighted by molar-refractivity contribution is 5.81. The number of nitrogens with zero attached hydrogens (tertiary/aromatic N) is 3.